The van der Waals surface area contributed by atoms with Crippen LogP contribution < -0.4 is 10.1 Å². The van der Waals surface area contributed by atoms with Gasteiger partial charge in [0.2, 0.25) is 0 Å². The number of para-hydroxylation sites is 1. The molecule has 5 heteroatoms. The maximum atomic E-state index is 12.3. The highest BCUT2D eigenvalue weighted by Crippen LogP contribution is 2.25. The molecule has 2 aromatic carbocycles. The van der Waals surface area contributed by atoms with E-state index in [4.69, 9.17) is 11.6 Å². The van der Waals surface area contributed by atoms with Gasteiger partial charge in [0, 0.05) is 12.1 Å². The van der Waals surface area contributed by atoms with Crippen molar-refractivity contribution in [2.24, 2.45) is 0 Å². The van der Waals surface area contributed by atoms with Crippen molar-refractivity contribution < 1.29 is 13.5 Å². The van der Waals surface area contributed by atoms with Crippen molar-refractivity contribution in [2.75, 3.05) is 5.32 Å². The Labute approximate surface area is 121 Å². The molecule has 0 fully saturated rings. The van der Waals surface area contributed by atoms with E-state index in [1.54, 1.807) is 24.3 Å². The molecule has 0 saturated carbocycles. The molecule has 2 nitrogen and oxygen atoms in total. The van der Waals surface area contributed by atoms with Crippen LogP contribution in [0.3, 0.4) is 0 Å². The Morgan fingerprint density at radius 3 is 2.70 bits per heavy atom. The van der Waals surface area contributed by atoms with Gasteiger partial charge in [-0.25, -0.2) is 0 Å². The van der Waals surface area contributed by atoms with Crippen LogP contribution in [0.15, 0.2) is 42.5 Å². The Morgan fingerprint density at radius 1 is 1.20 bits per heavy atom. The van der Waals surface area contributed by atoms with Crippen LogP contribution >= 0.6 is 11.6 Å². The predicted molar refractivity (Wildman–Crippen MR) is 76.6 cm³/mol. The number of rotatable bonds is 5. The molecule has 0 spiro atoms. The summed E-state index contributed by atoms with van der Waals surface area (Å²) in [6.45, 7) is -0.528. The number of anilines is 1. The molecule has 0 amide bonds. The Morgan fingerprint density at radius 2 is 1.95 bits per heavy atom. The Bertz CT molecular complexity index is 590. The minimum absolute atomic E-state index is 0.166. The monoisotopic (exact) mass is 297 g/mol. The summed E-state index contributed by atoms with van der Waals surface area (Å²) in [5, 5.41) is 3.71. The number of alkyl halides is 2. The zero-order chi connectivity index (χ0) is 14.5. The molecule has 0 radical (unpaired) electrons. The van der Waals surface area contributed by atoms with Gasteiger partial charge < -0.3 is 10.1 Å². The van der Waals surface area contributed by atoms with E-state index in [9.17, 15) is 8.78 Å². The van der Waals surface area contributed by atoms with Crippen molar-refractivity contribution in [3.8, 4) is 5.75 Å². The maximum Gasteiger partial charge on any atom is 0.387 e. The highest BCUT2D eigenvalue weighted by molar-refractivity contribution is 6.33. The zero-order valence-corrected chi connectivity index (χ0v) is 11.6. The fourth-order valence-corrected chi connectivity index (χ4v) is 2.01. The van der Waals surface area contributed by atoms with Crippen LogP contribution in [-0.2, 0) is 6.54 Å². The van der Waals surface area contributed by atoms with Crippen molar-refractivity contribution in [3.05, 3.63) is 58.6 Å². The summed E-state index contributed by atoms with van der Waals surface area (Å²) in [7, 11) is 0. The summed E-state index contributed by atoms with van der Waals surface area (Å²) >= 11 is 6.07. The van der Waals surface area contributed by atoms with Gasteiger partial charge in [0.1, 0.15) is 5.75 Å². The van der Waals surface area contributed by atoms with E-state index in [1.165, 1.54) is 6.07 Å². The van der Waals surface area contributed by atoms with Gasteiger partial charge >= 0.3 is 6.61 Å². The number of halogens is 3. The first-order valence-electron chi connectivity index (χ1n) is 6.09. The molecule has 1 N–H and O–H groups in total. The van der Waals surface area contributed by atoms with Crippen LogP contribution in [0, 0.1) is 6.92 Å². The van der Waals surface area contributed by atoms with Crippen molar-refractivity contribution in [2.45, 2.75) is 20.1 Å². The van der Waals surface area contributed by atoms with Crippen LogP contribution in [0.25, 0.3) is 0 Å². The Hall–Kier alpha value is -1.81. The first kappa shape index (κ1) is 14.6. The van der Waals surface area contributed by atoms with Crippen LogP contribution in [0.4, 0.5) is 14.5 Å². The lowest BCUT2D eigenvalue weighted by Crippen LogP contribution is -2.07. The number of ether oxygens (including phenoxy) is 1. The third kappa shape index (κ3) is 3.84. The molecule has 0 aliphatic heterocycles. The van der Waals surface area contributed by atoms with Gasteiger partial charge in [-0.2, -0.15) is 8.78 Å². The second-order valence-electron chi connectivity index (χ2n) is 4.32. The third-order valence-electron chi connectivity index (χ3n) is 2.78. The highest BCUT2D eigenvalue weighted by Gasteiger charge is 2.09. The van der Waals surface area contributed by atoms with E-state index >= 15 is 0 Å². The second kappa shape index (κ2) is 6.57. The van der Waals surface area contributed by atoms with Crippen LogP contribution in [-0.4, -0.2) is 6.61 Å². The summed E-state index contributed by atoms with van der Waals surface area (Å²) in [6, 6.07) is 12.3. The molecule has 2 rings (SSSR count). The summed E-state index contributed by atoms with van der Waals surface area (Å²) in [5.74, 6) is 0.166. The van der Waals surface area contributed by atoms with Gasteiger partial charge in [-0.15, -0.1) is 0 Å². The van der Waals surface area contributed by atoms with E-state index in [2.05, 4.69) is 10.1 Å². The quantitative estimate of drug-likeness (QED) is 0.851. The van der Waals surface area contributed by atoms with Gasteiger partial charge in [-0.3, -0.25) is 0 Å². The number of hydrogen-bond donors (Lipinski definition) is 1. The van der Waals surface area contributed by atoms with Gasteiger partial charge in [0.25, 0.3) is 0 Å². The molecule has 0 unspecified atom stereocenters. The fraction of sp³-hybridized carbons (Fsp3) is 0.200. The van der Waals surface area contributed by atoms with E-state index < -0.39 is 6.61 Å². The second-order valence-corrected chi connectivity index (χ2v) is 4.73. The van der Waals surface area contributed by atoms with Crippen LogP contribution in [0.2, 0.25) is 5.02 Å². The maximum absolute atomic E-state index is 12.3. The van der Waals surface area contributed by atoms with E-state index in [-0.39, 0.29) is 5.75 Å². The topological polar surface area (TPSA) is 21.3 Å². The van der Waals surface area contributed by atoms with Crippen molar-refractivity contribution in [1.82, 2.24) is 0 Å². The summed E-state index contributed by atoms with van der Waals surface area (Å²) in [4.78, 5) is 0. The average molecular weight is 298 g/mol. The molecule has 0 aliphatic carbocycles. The molecular weight excluding hydrogens is 284 g/mol. The molecular formula is C15H14ClF2NO. The van der Waals surface area contributed by atoms with Gasteiger partial charge in [-0.1, -0.05) is 35.9 Å². The predicted octanol–water partition coefficient (Wildman–Crippen LogP) is 4.86. The third-order valence-corrected chi connectivity index (χ3v) is 3.11. The minimum atomic E-state index is -2.83. The SMILES string of the molecule is Cc1ccc(Cl)c(NCc2ccccc2OC(F)F)c1. The van der Waals surface area contributed by atoms with E-state index in [1.807, 2.05) is 19.1 Å². The molecule has 0 heterocycles. The van der Waals surface area contributed by atoms with Crippen molar-refractivity contribution in [3.63, 3.8) is 0 Å². The molecule has 2 aromatic rings. The number of hydrogen-bond acceptors (Lipinski definition) is 2. The normalized spacial score (nSPS) is 10.7. The average Bonchev–Trinajstić information content (AvgIpc) is 2.41. The van der Waals surface area contributed by atoms with E-state index in [0.717, 1.165) is 11.3 Å². The molecule has 0 aromatic heterocycles. The lowest BCUT2D eigenvalue weighted by Gasteiger charge is -2.13. The van der Waals surface area contributed by atoms with Crippen molar-refractivity contribution in [1.29, 1.82) is 0 Å². The summed E-state index contributed by atoms with van der Waals surface area (Å²) in [5.41, 5.74) is 2.47. The molecule has 106 valence electrons. The standard InChI is InChI=1S/C15H14ClF2NO/c1-10-6-7-12(16)13(8-10)19-9-11-4-2-3-5-14(11)20-15(17)18/h2-8,15,19H,9H2,1H3. The van der Waals surface area contributed by atoms with Crippen LogP contribution in [0.1, 0.15) is 11.1 Å². The van der Waals surface area contributed by atoms with Gasteiger partial charge in [-0.05, 0) is 30.7 Å². The first-order valence-corrected chi connectivity index (χ1v) is 6.47. The Kier molecular flexibility index (Phi) is 4.79. The highest BCUT2D eigenvalue weighted by atomic mass is 35.5. The molecule has 0 aliphatic rings. The minimum Gasteiger partial charge on any atom is -0.434 e. The molecule has 20 heavy (non-hydrogen) atoms. The summed E-state index contributed by atoms with van der Waals surface area (Å²) in [6.07, 6.45) is 0. The van der Waals surface area contributed by atoms with E-state index in [0.29, 0.717) is 17.1 Å². The number of aryl methyl sites for hydroxylation is 1. The molecule has 0 bridgehead atoms. The zero-order valence-electron chi connectivity index (χ0n) is 10.9. The smallest absolute Gasteiger partial charge is 0.387 e. The lowest BCUT2D eigenvalue weighted by molar-refractivity contribution is -0.0504. The molecule has 0 atom stereocenters. The van der Waals surface area contributed by atoms with Gasteiger partial charge in [0.15, 0.2) is 0 Å². The largest absolute Gasteiger partial charge is 0.434 e. The van der Waals surface area contributed by atoms with Crippen LogP contribution in [0.5, 0.6) is 5.75 Å². The molecule has 0 saturated heterocycles. The number of nitrogens with one attached hydrogen (secondary N) is 1. The van der Waals surface area contributed by atoms with Crippen molar-refractivity contribution >= 4 is 17.3 Å². The summed E-state index contributed by atoms with van der Waals surface area (Å²) < 4.78 is 29.1. The Balaban J connectivity index is 2.12. The lowest BCUT2D eigenvalue weighted by atomic mass is 10.2. The fourth-order valence-electron chi connectivity index (χ4n) is 1.83. The number of benzene rings is 2. The first-order chi connectivity index (χ1) is 9.56. The van der Waals surface area contributed by atoms with Gasteiger partial charge in [0.05, 0.1) is 10.7 Å².